The van der Waals surface area contributed by atoms with E-state index in [-0.39, 0.29) is 18.0 Å². The summed E-state index contributed by atoms with van der Waals surface area (Å²) in [6.45, 7) is 1.39. The van der Waals surface area contributed by atoms with Crippen molar-refractivity contribution in [3.63, 3.8) is 0 Å². The van der Waals surface area contributed by atoms with Gasteiger partial charge in [0.1, 0.15) is 16.1 Å². The lowest BCUT2D eigenvalue weighted by Gasteiger charge is -2.33. The fraction of sp³-hybridized carbons (Fsp3) is 0.294. The summed E-state index contributed by atoms with van der Waals surface area (Å²) in [6, 6.07) is 7.88. The zero-order valence-corrected chi connectivity index (χ0v) is 16.5. The second kappa shape index (κ2) is 7.43. The van der Waals surface area contributed by atoms with Gasteiger partial charge in [-0.25, -0.2) is 18.4 Å². The lowest BCUT2D eigenvalue weighted by molar-refractivity contribution is -0.274. The van der Waals surface area contributed by atoms with E-state index in [4.69, 9.17) is 0 Å². The van der Waals surface area contributed by atoms with Crippen LogP contribution in [0.5, 0.6) is 5.75 Å². The zero-order chi connectivity index (χ0) is 20.6. The van der Waals surface area contributed by atoms with Crippen molar-refractivity contribution in [2.75, 3.05) is 31.1 Å². The molecule has 1 aromatic carbocycles. The van der Waals surface area contributed by atoms with Crippen molar-refractivity contribution in [2.45, 2.75) is 11.3 Å². The Morgan fingerprint density at radius 3 is 2.34 bits per heavy atom. The standard InChI is InChI=1S/C17H15F3N4O3S2/c18-17(19,20)27-12-3-5-13(6-4-12)29(25,26)24-10-8-23(9-11-24)16-22-14-2-1-7-21-15(14)28-16/h1-7H,8-11H2. The number of fused-ring (bicyclic) bond motifs is 1. The molecule has 0 spiro atoms. The molecule has 154 valence electrons. The van der Waals surface area contributed by atoms with Crippen LogP contribution in [0.3, 0.4) is 0 Å². The fourth-order valence-electron chi connectivity index (χ4n) is 2.98. The number of ether oxygens (including phenoxy) is 1. The van der Waals surface area contributed by atoms with Crippen LogP contribution in [0.15, 0.2) is 47.5 Å². The number of alkyl halides is 3. The second-order valence-corrected chi connectivity index (χ2v) is 9.13. The number of anilines is 1. The van der Waals surface area contributed by atoms with Crippen LogP contribution in [0.2, 0.25) is 0 Å². The largest absolute Gasteiger partial charge is 0.573 e. The van der Waals surface area contributed by atoms with Gasteiger partial charge in [0.15, 0.2) is 5.13 Å². The van der Waals surface area contributed by atoms with Gasteiger partial charge < -0.3 is 9.64 Å². The summed E-state index contributed by atoms with van der Waals surface area (Å²) < 4.78 is 67.4. The summed E-state index contributed by atoms with van der Waals surface area (Å²) in [5.41, 5.74) is 0.795. The zero-order valence-electron chi connectivity index (χ0n) is 14.8. The van der Waals surface area contributed by atoms with Crippen LogP contribution < -0.4 is 9.64 Å². The average molecular weight is 444 g/mol. The molecule has 0 bridgehead atoms. The predicted octanol–water partition coefficient (Wildman–Crippen LogP) is 3.10. The molecule has 1 saturated heterocycles. The Morgan fingerprint density at radius 1 is 1.03 bits per heavy atom. The molecule has 7 nitrogen and oxygen atoms in total. The van der Waals surface area contributed by atoms with Gasteiger partial charge in [-0.05, 0) is 36.4 Å². The highest BCUT2D eigenvalue weighted by Gasteiger charge is 2.32. The monoisotopic (exact) mass is 444 g/mol. The molecule has 0 N–H and O–H groups in total. The van der Waals surface area contributed by atoms with E-state index in [1.165, 1.54) is 15.6 Å². The molecule has 3 heterocycles. The van der Waals surface area contributed by atoms with Crippen molar-refractivity contribution in [1.29, 1.82) is 0 Å². The van der Waals surface area contributed by atoms with E-state index in [9.17, 15) is 21.6 Å². The highest BCUT2D eigenvalue weighted by Crippen LogP contribution is 2.29. The van der Waals surface area contributed by atoms with E-state index in [0.717, 1.165) is 39.7 Å². The third-order valence-electron chi connectivity index (χ3n) is 4.36. The minimum atomic E-state index is -4.83. The van der Waals surface area contributed by atoms with E-state index in [1.54, 1.807) is 12.3 Å². The van der Waals surface area contributed by atoms with Gasteiger partial charge in [0.2, 0.25) is 10.0 Å². The number of benzene rings is 1. The lowest BCUT2D eigenvalue weighted by atomic mass is 10.3. The Bertz CT molecular complexity index is 1080. The van der Waals surface area contributed by atoms with E-state index >= 15 is 0 Å². The number of pyridine rings is 1. The highest BCUT2D eigenvalue weighted by atomic mass is 32.2. The third-order valence-corrected chi connectivity index (χ3v) is 7.31. The van der Waals surface area contributed by atoms with Crippen LogP contribution in [0.1, 0.15) is 0 Å². The van der Waals surface area contributed by atoms with Crippen molar-refractivity contribution >= 4 is 36.8 Å². The molecule has 0 atom stereocenters. The minimum absolute atomic E-state index is 0.0790. The van der Waals surface area contributed by atoms with E-state index in [2.05, 4.69) is 14.7 Å². The number of hydrogen-bond donors (Lipinski definition) is 0. The van der Waals surface area contributed by atoms with Gasteiger partial charge in [0.05, 0.1) is 4.90 Å². The Kier molecular flexibility index (Phi) is 5.09. The molecule has 0 amide bonds. The number of piperazine rings is 1. The smallest absolute Gasteiger partial charge is 0.406 e. The molecule has 0 unspecified atom stereocenters. The van der Waals surface area contributed by atoms with Gasteiger partial charge in [-0.2, -0.15) is 4.31 Å². The summed E-state index contributed by atoms with van der Waals surface area (Å²) in [4.78, 5) is 11.5. The Balaban J connectivity index is 1.44. The topological polar surface area (TPSA) is 75.6 Å². The SMILES string of the molecule is O=S(=O)(c1ccc(OC(F)(F)F)cc1)N1CCN(c2nc3cccnc3s2)CC1. The average Bonchev–Trinajstić information content (AvgIpc) is 3.11. The van der Waals surface area contributed by atoms with Crippen LogP contribution in [-0.4, -0.2) is 55.2 Å². The molecule has 1 aliphatic heterocycles. The maximum atomic E-state index is 12.8. The van der Waals surface area contributed by atoms with Crippen LogP contribution >= 0.6 is 11.3 Å². The van der Waals surface area contributed by atoms with Crippen LogP contribution in [0, 0.1) is 0 Å². The number of thiazole rings is 1. The molecular formula is C17H15F3N4O3S2. The summed E-state index contributed by atoms with van der Waals surface area (Å²) >= 11 is 1.44. The molecule has 3 aromatic rings. The number of rotatable bonds is 4. The van der Waals surface area contributed by atoms with Crippen LogP contribution in [-0.2, 0) is 10.0 Å². The minimum Gasteiger partial charge on any atom is -0.406 e. The van der Waals surface area contributed by atoms with Gasteiger partial charge in [0, 0.05) is 32.4 Å². The molecule has 0 aliphatic carbocycles. The fourth-order valence-corrected chi connectivity index (χ4v) is 5.36. The number of halogens is 3. The second-order valence-electron chi connectivity index (χ2n) is 6.23. The molecule has 2 aromatic heterocycles. The number of aromatic nitrogens is 2. The van der Waals surface area contributed by atoms with Crippen molar-refractivity contribution in [1.82, 2.24) is 14.3 Å². The van der Waals surface area contributed by atoms with Gasteiger partial charge in [-0.3, -0.25) is 0 Å². The summed E-state index contributed by atoms with van der Waals surface area (Å²) in [6.07, 6.45) is -3.13. The Morgan fingerprint density at radius 2 is 1.72 bits per heavy atom. The normalized spacial score (nSPS) is 16.3. The van der Waals surface area contributed by atoms with E-state index < -0.39 is 22.1 Å². The quantitative estimate of drug-likeness (QED) is 0.616. The molecule has 4 rings (SSSR count). The number of nitrogens with zero attached hydrogens (tertiary/aromatic N) is 4. The molecule has 1 fully saturated rings. The first-order valence-corrected chi connectivity index (χ1v) is 10.8. The number of sulfonamides is 1. The molecule has 12 heteroatoms. The predicted molar refractivity (Wildman–Crippen MR) is 102 cm³/mol. The third kappa shape index (κ3) is 4.28. The lowest BCUT2D eigenvalue weighted by Crippen LogP contribution is -2.48. The van der Waals surface area contributed by atoms with Crippen LogP contribution in [0.25, 0.3) is 10.3 Å². The van der Waals surface area contributed by atoms with Crippen molar-refractivity contribution in [3.05, 3.63) is 42.6 Å². The molecular weight excluding hydrogens is 429 g/mol. The van der Waals surface area contributed by atoms with E-state index in [1.807, 2.05) is 11.0 Å². The molecule has 0 radical (unpaired) electrons. The molecule has 1 aliphatic rings. The summed E-state index contributed by atoms with van der Waals surface area (Å²) in [5, 5.41) is 0.782. The molecule has 0 saturated carbocycles. The maximum Gasteiger partial charge on any atom is 0.573 e. The van der Waals surface area contributed by atoms with Crippen molar-refractivity contribution in [3.8, 4) is 5.75 Å². The highest BCUT2D eigenvalue weighted by molar-refractivity contribution is 7.89. The maximum absolute atomic E-state index is 12.8. The van der Waals surface area contributed by atoms with Gasteiger partial charge in [-0.15, -0.1) is 13.2 Å². The van der Waals surface area contributed by atoms with Crippen molar-refractivity contribution < 1.29 is 26.3 Å². The van der Waals surface area contributed by atoms with Gasteiger partial charge in [0.25, 0.3) is 0 Å². The summed E-state index contributed by atoms with van der Waals surface area (Å²) in [5.74, 6) is -0.467. The Hall–Kier alpha value is -2.44. The Labute approximate surface area is 168 Å². The number of hydrogen-bond acceptors (Lipinski definition) is 7. The first-order chi connectivity index (χ1) is 13.7. The first-order valence-electron chi connectivity index (χ1n) is 8.55. The molecule has 29 heavy (non-hydrogen) atoms. The van der Waals surface area contributed by atoms with Gasteiger partial charge >= 0.3 is 6.36 Å². The summed E-state index contributed by atoms with van der Waals surface area (Å²) in [7, 11) is -3.81. The van der Waals surface area contributed by atoms with Crippen molar-refractivity contribution in [2.24, 2.45) is 0 Å². The van der Waals surface area contributed by atoms with Crippen LogP contribution in [0.4, 0.5) is 18.3 Å². The first kappa shape index (κ1) is 19.9. The van der Waals surface area contributed by atoms with Gasteiger partial charge in [-0.1, -0.05) is 11.3 Å². The van der Waals surface area contributed by atoms with E-state index in [0.29, 0.717) is 13.1 Å².